The minimum atomic E-state index is -0.277. The molecule has 0 saturated carbocycles. The fraction of sp³-hybridized carbons (Fsp3) is 0.316. The quantitative estimate of drug-likeness (QED) is 0.848. The number of carbonyl (C=O) groups excluding carboxylic acids is 2. The molecule has 0 aliphatic heterocycles. The van der Waals surface area contributed by atoms with Crippen molar-refractivity contribution in [1.29, 1.82) is 0 Å². The Morgan fingerprint density at radius 2 is 1.84 bits per heavy atom. The molecule has 0 aliphatic carbocycles. The highest BCUT2D eigenvalue weighted by Crippen LogP contribution is 2.19. The van der Waals surface area contributed by atoms with Gasteiger partial charge in [-0.05, 0) is 43.0 Å². The van der Waals surface area contributed by atoms with Crippen LogP contribution in [0.1, 0.15) is 16.7 Å². The number of hydrogen-bond donors (Lipinski definition) is 2. The molecule has 3 amide bonds. The van der Waals surface area contributed by atoms with Gasteiger partial charge >= 0.3 is 6.03 Å². The summed E-state index contributed by atoms with van der Waals surface area (Å²) < 4.78 is 0. The van der Waals surface area contributed by atoms with Crippen LogP contribution in [-0.2, 0) is 11.2 Å². The van der Waals surface area contributed by atoms with Crippen LogP contribution in [-0.4, -0.2) is 42.0 Å². The lowest BCUT2D eigenvalue weighted by atomic mass is 10.1. The SMILES string of the molecule is Cc1cccc(C)c1NC(=O)CN(C)C(=O)NCCc1cccnc1. The number of likely N-dealkylation sites (N-methyl/N-ethyl adjacent to an activating group) is 1. The van der Waals surface area contributed by atoms with Crippen molar-refractivity contribution in [2.75, 3.05) is 25.5 Å². The second-order valence-electron chi connectivity index (χ2n) is 6.01. The number of amides is 3. The first kappa shape index (κ1) is 18.4. The van der Waals surface area contributed by atoms with Crippen LogP contribution in [0.3, 0.4) is 0 Å². The van der Waals surface area contributed by atoms with Gasteiger partial charge in [0.25, 0.3) is 0 Å². The lowest BCUT2D eigenvalue weighted by Crippen LogP contribution is -2.42. The predicted octanol–water partition coefficient (Wildman–Crippen LogP) is 2.52. The van der Waals surface area contributed by atoms with Gasteiger partial charge in [0.1, 0.15) is 6.54 Å². The van der Waals surface area contributed by atoms with E-state index in [1.54, 1.807) is 19.4 Å². The lowest BCUT2D eigenvalue weighted by molar-refractivity contribution is -0.116. The molecule has 6 nitrogen and oxygen atoms in total. The van der Waals surface area contributed by atoms with Crippen LogP contribution in [0.25, 0.3) is 0 Å². The van der Waals surface area contributed by atoms with Crippen molar-refractivity contribution in [2.45, 2.75) is 20.3 Å². The van der Waals surface area contributed by atoms with Gasteiger partial charge in [-0.15, -0.1) is 0 Å². The number of aromatic nitrogens is 1. The molecule has 0 radical (unpaired) electrons. The van der Waals surface area contributed by atoms with Crippen LogP contribution in [0, 0.1) is 13.8 Å². The largest absolute Gasteiger partial charge is 0.338 e. The van der Waals surface area contributed by atoms with E-state index in [4.69, 9.17) is 0 Å². The number of hydrogen-bond acceptors (Lipinski definition) is 3. The summed E-state index contributed by atoms with van der Waals surface area (Å²) in [7, 11) is 1.60. The van der Waals surface area contributed by atoms with E-state index >= 15 is 0 Å². The van der Waals surface area contributed by atoms with Crippen LogP contribution >= 0.6 is 0 Å². The van der Waals surface area contributed by atoms with Crippen molar-refractivity contribution in [3.8, 4) is 0 Å². The van der Waals surface area contributed by atoms with Gasteiger partial charge in [-0.1, -0.05) is 24.3 Å². The van der Waals surface area contributed by atoms with Crippen LogP contribution < -0.4 is 10.6 Å². The number of rotatable bonds is 6. The van der Waals surface area contributed by atoms with E-state index in [1.165, 1.54) is 4.90 Å². The van der Waals surface area contributed by atoms with Crippen molar-refractivity contribution in [2.24, 2.45) is 0 Å². The molecule has 0 unspecified atom stereocenters. The lowest BCUT2D eigenvalue weighted by Gasteiger charge is -2.18. The summed E-state index contributed by atoms with van der Waals surface area (Å²) in [6, 6.07) is 9.37. The first-order chi connectivity index (χ1) is 12.0. The molecule has 132 valence electrons. The van der Waals surface area contributed by atoms with Crippen LogP contribution in [0.15, 0.2) is 42.7 Å². The smallest absolute Gasteiger partial charge is 0.317 e. The Hall–Kier alpha value is -2.89. The van der Waals surface area contributed by atoms with E-state index in [0.717, 1.165) is 22.4 Å². The van der Waals surface area contributed by atoms with Crippen LogP contribution in [0.4, 0.5) is 10.5 Å². The molecule has 1 heterocycles. The summed E-state index contributed by atoms with van der Waals surface area (Å²) >= 11 is 0. The van der Waals surface area contributed by atoms with E-state index in [9.17, 15) is 9.59 Å². The summed E-state index contributed by atoms with van der Waals surface area (Å²) in [5.74, 6) is -0.220. The van der Waals surface area contributed by atoms with Gasteiger partial charge in [0, 0.05) is 31.7 Å². The zero-order valence-corrected chi connectivity index (χ0v) is 14.9. The third kappa shape index (κ3) is 5.60. The number of anilines is 1. The first-order valence-corrected chi connectivity index (χ1v) is 8.21. The number of carbonyl (C=O) groups is 2. The van der Waals surface area contributed by atoms with Gasteiger partial charge < -0.3 is 15.5 Å². The second-order valence-corrected chi connectivity index (χ2v) is 6.01. The standard InChI is InChI=1S/C19H24N4O2/c1-14-6-4-7-15(2)18(14)22-17(24)13-23(3)19(25)21-11-9-16-8-5-10-20-12-16/h4-8,10,12H,9,11,13H2,1-3H3,(H,21,25)(H,22,24). The zero-order chi connectivity index (χ0) is 18.2. The predicted molar refractivity (Wildman–Crippen MR) is 98.5 cm³/mol. The molecule has 6 heteroatoms. The molecule has 0 bridgehead atoms. The van der Waals surface area contributed by atoms with Gasteiger partial charge in [0.05, 0.1) is 0 Å². The molecule has 0 aliphatic rings. The Labute approximate surface area is 148 Å². The molecule has 2 rings (SSSR count). The fourth-order valence-electron chi connectivity index (χ4n) is 2.47. The summed E-state index contributed by atoms with van der Waals surface area (Å²) in [6.45, 7) is 4.37. The zero-order valence-electron chi connectivity index (χ0n) is 14.9. The minimum absolute atomic E-state index is 0.00744. The van der Waals surface area contributed by atoms with E-state index in [2.05, 4.69) is 15.6 Å². The number of aryl methyl sites for hydroxylation is 2. The molecular weight excluding hydrogens is 316 g/mol. The Kier molecular flexibility index (Phi) is 6.51. The van der Waals surface area contributed by atoms with Gasteiger partial charge in [-0.3, -0.25) is 9.78 Å². The van der Waals surface area contributed by atoms with Crippen molar-refractivity contribution in [1.82, 2.24) is 15.2 Å². The maximum atomic E-state index is 12.2. The first-order valence-electron chi connectivity index (χ1n) is 8.21. The van der Waals surface area contributed by atoms with Crippen molar-refractivity contribution in [3.05, 3.63) is 59.4 Å². The molecule has 1 aromatic carbocycles. The van der Waals surface area contributed by atoms with E-state index < -0.39 is 0 Å². The molecule has 0 saturated heterocycles. The summed E-state index contributed by atoms with van der Waals surface area (Å²) in [5.41, 5.74) is 3.85. The second kappa shape index (κ2) is 8.82. The van der Waals surface area contributed by atoms with E-state index in [0.29, 0.717) is 13.0 Å². The molecule has 1 aromatic heterocycles. The van der Waals surface area contributed by atoms with Gasteiger partial charge in [0.15, 0.2) is 0 Å². The number of benzene rings is 1. The Morgan fingerprint density at radius 3 is 2.48 bits per heavy atom. The Balaban J connectivity index is 1.79. The Morgan fingerprint density at radius 1 is 1.12 bits per heavy atom. The average molecular weight is 340 g/mol. The highest BCUT2D eigenvalue weighted by Gasteiger charge is 2.14. The minimum Gasteiger partial charge on any atom is -0.338 e. The maximum Gasteiger partial charge on any atom is 0.317 e. The average Bonchev–Trinajstić information content (AvgIpc) is 2.59. The molecule has 0 fully saturated rings. The number of para-hydroxylation sites is 1. The fourth-order valence-corrected chi connectivity index (χ4v) is 2.47. The van der Waals surface area contributed by atoms with Crippen molar-refractivity contribution >= 4 is 17.6 Å². The van der Waals surface area contributed by atoms with E-state index in [-0.39, 0.29) is 18.5 Å². The molecular formula is C19H24N4O2. The van der Waals surface area contributed by atoms with Gasteiger partial charge in [-0.25, -0.2) is 4.79 Å². The molecule has 2 aromatic rings. The van der Waals surface area contributed by atoms with Gasteiger partial charge in [-0.2, -0.15) is 0 Å². The summed E-state index contributed by atoms with van der Waals surface area (Å²) in [4.78, 5) is 29.7. The summed E-state index contributed by atoms with van der Waals surface area (Å²) in [6.07, 6.45) is 4.18. The van der Waals surface area contributed by atoms with Crippen LogP contribution in [0.5, 0.6) is 0 Å². The normalized spacial score (nSPS) is 10.2. The van der Waals surface area contributed by atoms with Gasteiger partial charge in [0.2, 0.25) is 5.91 Å². The topological polar surface area (TPSA) is 74.3 Å². The third-order valence-electron chi connectivity index (χ3n) is 3.89. The number of nitrogens with one attached hydrogen (secondary N) is 2. The molecule has 0 atom stereocenters. The molecule has 0 spiro atoms. The highest BCUT2D eigenvalue weighted by atomic mass is 16.2. The van der Waals surface area contributed by atoms with Crippen LogP contribution in [0.2, 0.25) is 0 Å². The maximum absolute atomic E-state index is 12.2. The number of pyridine rings is 1. The molecule has 25 heavy (non-hydrogen) atoms. The summed E-state index contributed by atoms with van der Waals surface area (Å²) in [5, 5.41) is 5.68. The van der Waals surface area contributed by atoms with E-state index in [1.807, 2.05) is 44.2 Å². The number of nitrogens with zero attached hydrogens (tertiary/aromatic N) is 2. The number of urea groups is 1. The monoisotopic (exact) mass is 340 g/mol. The third-order valence-corrected chi connectivity index (χ3v) is 3.89. The van der Waals surface area contributed by atoms with Crippen molar-refractivity contribution in [3.63, 3.8) is 0 Å². The Bertz CT molecular complexity index is 711. The highest BCUT2D eigenvalue weighted by molar-refractivity contribution is 5.95. The van der Waals surface area contributed by atoms with Crippen molar-refractivity contribution < 1.29 is 9.59 Å². The molecule has 2 N–H and O–H groups in total.